The normalized spacial score (nSPS) is 12.0. The maximum absolute atomic E-state index is 12.6. The highest BCUT2D eigenvalue weighted by Crippen LogP contribution is 2.19. The van der Waals surface area contributed by atoms with E-state index in [0.717, 1.165) is 64.2 Å². The van der Waals surface area contributed by atoms with Crippen molar-refractivity contribution in [3.8, 4) is 0 Å². The monoisotopic (exact) mass is 595 g/mol. The lowest BCUT2D eigenvalue weighted by Crippen LogP contribution is -2.18. The van der Waals surface area contributed by atoms with Crippen LogP contribution in [0, 0.1) is 0 Å². The molecule has 4 heteroatoms. The number of hydrogen-bond donors (Lipinski definition) is 1. The molecule has 0 aliphatic heterocycles. The van der Waals surface area contributed by atoms with Gasteiger partial charge in [0.25, 0.3) is 0 Å². The minimum Gasteiger partial charge on any atom is -0.481 e. The van der Waals surface area contributed by atoms with Gasteiger partial charge in [-0.25, -0.2) is 0 Å². The molecule has 0 fully saturated rings. The Balaban J connectivity index is 3.99. The largest absolute Gasteiger partial charge is 0.481 e. The van der Waals surface area contributed by atoms with Gasteiger partial charge in [0.2, 0.25) is 0 Å². The maximum atomic E-state index is 12.6. The van der Waals surface area contributed by atoms with E-state index >= 15 is 0 Å². The number of carbonyl (C=O) groups is 2. The van der Waals surface area contributed by atoms with Crippen LogP contribution in [-0.2, 0) is 14.3 Å². The van der Waals surface area contributed by atoms with Gasteiger partial charge in [-0.3, -0.25) is 9.59 Å². The predicted molar refractivity (Wildman–Crippen MR) is 181 cm³/mol. The molecule has 1 N–H and O–H groups in total. The van der Waals surface area contributed by atoms with E-state index in [2.05, 4.69) is 13.8 Å². The fourth-order valence-electron chi connectivity index (χ4n) is 6.01. The van der Waals surface area contributed by atoms with Gasteiger partial charge < -0.3 is 9.84 Å². The highest BCUT2D eigenvalue weighted by Gasteiger charge is 2.14. The van der Waals surface area contributed by atoms with Crippen molar-refractivity contribution in [2.24, 2.45) is 0 Å². The van der Waals surface area contributed by atoms with Gasteiger partial charge >= 0.3 is 11.9 Å². The Hall–Kier alpha value is -1.06. The first-order chi connectivity index (χ1) is 20.6. The lowest BCUT2D eigenvalue weighted by atomic mass is 10.0. The van der Waals surface area contributed by atoms with E-state index in [0.29, 0.717) is 6.42 Å². The Morgan fingerprint density at radius 3 is 1.05 bits per heavy atom. The number of carboxylic acids is 1. The molecule has 42 heavy (non-hydrogen) atoms. The fourth-order valence-corrected chi connectivity index (χ4v) is 6.01. The molecule has 0 aliphatic carbocycles. The van der Waals surface area contributed by atoms with Crippen LogP contribution in [0.2, 0.25) is 0 Å². The van der Waals surface area contributed by atoms with Gasteiger partial charge in [0.05, 0.1) is 0 Å². The van der Waals surface area contributed by atoms with E-state index in [1.54, 1.807) is 0 Å². The minimum atomic E-state index is -0.697. The third kappa shape index (κ3) is 33.4. The van der Waals surface area contributed by atoms with Crippen LogP contribution < -0.4 is 0 Å². The summed E-state index contributed by atoms with van der Waals surface area (Å²) in [7, 11) is 0. The topological polar surface area (TPSA) is 63.6 Å². The molecule has 0 saturated heterocycles. The van der Waals surface area contributed by atoms with Crippen molar-refractivity contribution in [2.75, 3.05) is 0 Å². The molecule has 0 amide bonds. The number of esters is 1. The first-order valence-electron chi connectivity index (χ1n) is 19.0. The summed E-state index contributed by atoms with van der Waals surface area (Å²) in [6, 6.07) is 0. The zero-order chi connectivity index (χ0) is 30.8. The molecule has 0 aromatic rings. The van der Waals surface area contributed by atoms with Gasteiger partial charge in [0.15, 0.2) is 0 Å². The van der Waals surface area contributed by atoms with Crippen molar-refractivity contribution < 1.29 is 19.4 Å². The van der Waals surface area contributed by atoms with Gasteiger partial charge in [0.1, 0.15) is 6.10 Å². The predicted octanol–water partition coefficient (Wildman–Crippen LogP) is 12.9. The summed E-state index contributed by atoms with van der Waals surface area (Å²) in [5.41, 5.74) is 0. The molecule has 0 aromatic heterocycles. The average molecular weight is 595 g/mol. The van der Waals surface area contributed by atoms with Crippen LogP contribution >= 0.6 is 0 Å². The van der Waals surface area contributed by atoms with Crippen molar-refractivity contribution in [3.05, 3.63) is 0 Å². The zero-order valence-corrected chi connectivity index (χ0v) is 28.6. The average Bonchev–Trinajstić information content (AvgIpc) is 2.97. The van der Waals surface area contributed by atoms with E-state index in [9.17, 15) is 9.59 Å². The molecule has 0 heterocycles. The van der Waals surface area contributed by atoms with Crippen molar-refractivity contribution in [1.82, 2.24) is 0 Å². The van der Waals surface area contributed by atoms with Gasteiger partial charge in [-0.05, 0) is 38.5 Å². The molecule has 250 valence electrons. The summed E-state index contributed by atoms with van der Waals surface area (Å²) in [4.78, 5) is 23.3. The fraction of sp³-hybridized carbons (Fsp3) is 0.947. The second-order valence-electron chi connectivity index (χ2n) is 13.1. The Morgan fingerprint density at radius 1 is 0.429 bits per heavy atom. The van der Waals surface area contributed by atoms with Crippen molar-refractivity contribution in [2.45, 2.75) is 232 Å². The van der Waals surface area contributed by atoms with Crippen molar-refractivity contribution in [1.29, 1.82) is 0 Å². The highest BCUT2D eigenvalue weighted by molar-refractivity contribution is 5.69. The van der Waals surface area contributed by atoms with Crippen LogP contribution in [0.1, 0.15) is 226 Å². The lowest BCUT2D eigenvalue weighted by Gasteiger charge is -2.18. The first kappa shape index (κ1) is 40.9. The quantitative estimate of drug-likeness (QED) is 0.0585. The lowest BCUT2D eigenvalue weighted by molar-refractivity contribution is -0.150. The number of ether oxygens (including phenoxy) is 1. The number of rotatable bonds is 35. The van der Waals surface area contributed by atoms with Gasteiger partial charge in [-0.1, -0.05) is 174 Å². The SMILES string of the molecule is CCCCCCCCCCCCCCCCCC(CCCCCCCC(=O)O)OC(=O)CCCCCCCCCCC. The van der Waals surface area contributed by atoms with E-state index in [1.807, 2.05) is 0 Å². The number of unbranched alkanes of at least 4 members (excludes halogenated alkanes) is 26. The standard InChI is InChI=1S/C38H74O4/c1-3-5-7-9-11-13-14-15-16-17-18-20-21-24-28-32-36(33-29-25-23-26-30-34-37(39)40)42-38(41)35-31-27-22-19-12-10-8-6-4-2/h36H,3-35H2,1-2H3,(H,39,40). The van der Waals surface area contributed by atoms with E-state index < -0.39 is 5.97 Å². The van der Waals surface area contributed by atoms with Crippen LogP contribution in [0.4, 0.5) is 0 Å². The summed E-state index contributed by atoms with van der Waals surface area (Å²) in [6.07, 6.45) is 39.8. The van der Waals surface area contributed by atoms with Crippen molar-refractivity contribution >= 4 is 11.9 Å². The summed E-state index contributed by atoms with van der Waals surface area (Å²) >= 11 is 0. The Morgan fingerprint density at radius 2 is 0.714 bits per heavy atom. The molecule has 4 nitrogen and oxygen atoms in total. The van der Waals surface area contributed by atoms with Crippen LogP contribution in [-0.4, -0.2) is 23.1 Å². The smallest absolute Gasteiger partial charge is 0.306 e. The Labute approximate surface area is 262 Å². The van der Waals surface area contributed by atoms with Crippen LogP contribution in [0.15, 0.2) is 0 Å². The Bertz CT molecular complexity index is 561. The van der Waals surface area contributed by atoms with E-state index in [1.165, 1.54) is 135 Å². The molecular formula is C38H74O4. The molecule has 0 bridgehead atoms. The molecule has 0 aromatic carbocycles. The number of hydrogen-bond acceptors (Lipinski definition) is 3. The first-order valence-corrected chi connectivity index (χ1v) is 19.0. The van der Waals surface area contributed by atoms with Crippen LogP contribution in [0.5, 0.6) is 0 Å². The molecule has 0 spiro atoms. The summed E-state index contributed by atoms with van der Waals surface area (Å²) in [6.45, 7) is 4.54. The number of aliphatic carboxylic acids is 1. The third-order valence-electron chi connectivity index (χ3n) is 8.83. The van der Waals surface area contributed by atoms with Gasteiger partial charge in [-0.2, -0.15) is 0 Å². The van der Waals surface area contributed by atoms with Crippen molar-refractivity contribution in [3.63, 3.8) is 0 Å². The molecule has 0 saturated carbocycles. The molecule has 0 aliphatic rings. The highest BCUT2D eigenvalue weighted by atomic mass is 16.5. The van der Waals surface area contributed by atoms with Crippen LogP contribution in [0.3, 0.4) is 0 Å². The number of carbonyl (C=O) groups excluding carboxylic acids is 1. The maximum Gasteiger partial charge on any atom is 0.306 e. The van der Waals surface area contributed by atoms with Gasteiger partial charge in [-0.15, -0.1) is 0 Å². The van der Waals surface area contributed by atoms with E-state index in [-0.39, 0.29) is 18.5 Å². The van der Waals surface area contributed by atoms with E-state index in [4.69, 9.17) is 9.84 Å². The second kappa shape index (κ2) is 34.4. The third-order valence-corrected chi connectivity index (χ3v) is 8.83. The molecule has 0 rings (SSSR count). The summed E-state index contributed by atoms with van der Waals surface area (Å²) in [5, 5.41) is 8.80. The zero-order valence-electron chi connectivity index (χ0n) is 28.6. The Kier molecular flexibility index (Phi) is 33.6. The second-order valence-corrected chi connectivity index (χ2v) is 13.1. The molecular weight excluding hydrogens is 520 g/mol. The summed E-state index contributed by atoms with van der Waals surface area (Å²) in [5.74, 6) is -0.692. The van der Waals surface area contributed by atoms with Crippen LogP contribution in [0.25, 0.3) is 0 Å². The number of carboxylic acid groups (broad SMARTS) is 1. The molecule has 1 unspecified atom stereocenters. The molecule has 0 radical (unpaired) electrons. The minimum absolute atomic E-state index is 0.00497. The molecule has 1 atom stereocenters. The summed E-state index contributed by atoms with van der Waals surface area (Å²) < 4.78 is 5.98. The van der Waals surface area contributed by atoms with Gasteiger partial charge in [0, 0.05) is 12.8 Å².